The number of nitrogens with one attached hydrogen (secondary N) is 1. The summed E-state index contributed by atoms with van der Waals surface area (Å²) in [6.07, 6.45) is 5.76. The molecule has 1 fully saturated rings. The van der Waals surface area contributed by atoms with Gasteiger partial charge in [0.1, 0.15) is 5.75 Å². The third-order valence-corrected chi connectivity index (χ3v) is 6.29. The number of ether oxygens (including phenoxy) is 1. The van der Waals surface area contributed by atoms with Crippen molar-refractivity contribution in [2.24, 2.45) is 0 Å². The van der Waals surface area contributed by atoms with E-state index in [4.69, 9.17) is 17.0 Å². The van der Waals surface area contributed by atoms with Gasteiger partial charge in [-0.2, -0.15) is 0 Å². The third kappa shape index (κ3) is 4.45. The van der Waals surface area contributed by atoms with Crippen LogP contribution >= 0.6 is 12.2 Å². The standard InChI is InChI=1S/C26H25N5OS/c1-32-21-12-10-19(11-13-21)17-31-25(24(29-26(31)33)22-8-3-5-15-28-22)23-9-6-16-30(23)18-20-7-2-4-14-27-20/h2-16,24-25H,17-18H2,1H3,(H,29,33)/t24-,25-/m1/s1. The van der Waals surface area contributed by atoms with E-state index in [1.54, 1.807) is 7.11 Å². The Labute approximate surface area is 198 Å². The van der Waals surface area contributed by atoms with Crippen LogP contribution in [0.3, 0.4) is 0 Å². The number of pyridine rings is 2. The normalized spacial score (nSPS) is 17.7. The molecular formula is C26H25N5OS. The maximum atomic E-state index is 5.83. The van der Waals surface area contributed by atoms with E-state index >= 15 is 0 Å². The SMILES string of the molecule is COc1ccc(CN2C(=S)N[C@H](c3ccccn3)[C@H]2c2cccn2Cc2ccccn2)cc1. The molecule has 0 unspecified atom stereocenters. The molecule has 166 valence electrons. The Morgan fingerprint density at radius 1 is 0.909 bits per heavy atom. The van der Waals surface area contributed by atoms with Crippen molar-refractivity contribution in [2.45, 2.75) is 25.2 Å². The summed E-state index contributed by atoms with van der Waals surface area (Å²) in [4.78, 5) is 11.4. The van der Waals surface area contributed by atoms with Crippen molar-refractivity contribution < 1.29 is 4.74 Å². The summed E-state index contributed by atoms with van der Waals surface area (Å²) in [5, 5.41) is 4.25. The average molecular weight is 456 g/mol. The minimum Gasteiger partial charge on any atom is -0.497 e. The van der Waals surface area contributed by atoms with Crippen LogP contribution < -0.4 is 10.1 Å². The Balaban J connectivity index is 1.52. The minimum absolute atomic E-state index is 0.0202. The zero-order valence-corrected chi connectivity index (χ0v) is 19.2. The van der Waals surface area contributed by atoms with Crippen LogP contribution in [0.5, 0.6) is 5.75 Å². The average Bonchev–Trinajstić information content (AvgIpc) is 3.44. The van der Waals surface area contributed by atoms with E-state index < -0.39 is 0 Å². The highest BCUT2D eigenvalue weighted by atomic mass is 32.1. The molecule has 1 saturated heterocycles. The molecule has 2 atom stereocenters. The summed E-state index contributed by atoms with van der Waals surface area (Å²) >= 11 is 5.83. The van der Waals surface area contributed by atoms with Crippen LogP contribution in [-0.4, -0.2) is 31.7 Å². The number of hydrogen-bond donors (Lipinski definition) is 1. The van der Waals surface area contributed by atoms with Crippen molar-refractivity contribution in [1.82, 2.24) is 24.8 Å². The molecule has 1 N–H and O–H groups in total. The lowest BCUT2D eigenvalue weighted by Gasteiger charge is -2.29. The van der Waals surface area contributed by atoms with E-state index in [0.717, 1.165) is 33.5 Å². The smallest absolute Gasteiger partial charge is 0.170 e. The summed E-state index contributed by atoms with van der Waals surface area (Å²) in [5.41, 5.74) is 4.30. The first kappa shape index (κ1) is 21.2. The van der Waals surface area contributed by atoms with Gasteiger partial charge in [0.25, 0.3) is 0 Å². The first-order chi connectivity index (χ1) is 16.2. The fourth-order valence-electron chi connectivity index (χ4n) is 4.33. The number of methoxy groups -OCH3 is 1. The van der Waals surface area contributed by atoms with Crippen molar-refractivity contribution in [2.75, 3.05) is 7.11 Å². The second-order valence-electron chi connectivity index (χ2n) is 7.98. The van der Waals surface area contributed by atoms with Gasteiger partial charge in [-0.15, -0.1) is 0 Å². The van der Waals surface area contributed by atoms with Crippen LogP contribution in [0, 0.1) is 0 Å². The van der Waals surface area contributed by atoms with Gasteiger partial charge >= 0.3 is 0 Å². The molecule has 33 heavy (non-hydrogen) atoms. The van der Waals surface area contributed by atoms with Gasteiger partial charge in [0.2, 0.25) is 0 Å². The summed E-state index contributed by atoms with van der Waals surface area (Å²) < 4.78 is 7.57. The van der Waals surface area contributed by atoms with Crippen molar-refractivity contribution >= 4 is 17.3 Å². The summed E-state index contributed by atoms with van der Waals surface area (Å²) in [6.45, 7) is 1.37. The first-order valence-electron chi connectivity index (χ1n) is 10.9. The molecule has 5 rings (SSSR count). The van der Waals surface area contributed by atoms with Gasteiger partial charge in [-0.25, -0.2) is 0 Å². The lowest BCUT2D eigenvalue weighted by atomic mass is 10.0. The lowest BCUT2D eigenvalue weighted by Crippen LogP contribution is -2.30. The highest BCUT2D eigenvalue weighted by Gasteiger charge is 2.41. The van der Waals surface area contributed by atoms with Crippen LogP contribution in [0.15, 0.2) is 91.4 Å². The van der Waals surface area contributed by atoms with Crippen LogP contribution in [0.4, 0.5) is 0 Å². The maximum Gasteiger partial charge on any atom is 0.170 e. The van der Waals surface area contributed by atoms with Gasteiger partial charge in [0, 0.05) is 30.8 Å². The third-order valence-electron chi connectivity index (χ3n) is 5.94. The molecule has 1 aliphatic rings. The second-order valence-corrected chi connectivity index (χ2v) is 8.37. The minimum atomic E-state index is -0.0608. The number of thiocarbonyl (C=S) groups is 1. The number of hydrogen-bond acceptors (Lipinski definition) is 4. The van der Waals surface area contributed by atoms with Crippen molar-refractivity contribution in [3.8, 4) is 5.75 Å². The Hall–Kier alpha value is -3.71. The van der Waals surface area contributed by atoms with Crippen molar-refractivity contribution in [1.29, 1.82) is 0 Å². The summed E-state index contributed by atoms with van der Waals surface area (Å²) in [5.74, 6) is 0.841. The number of rotatable bonds is 7. The van der Waals surface area contributed by atoms with Gasteiger partial charge in [-0.05, 0) is 66.3 Å². The van der Waals surface area contributed by atoms with E-state index in [1.165, 1.54) is 0 Å². The van der Waals surface area contributed by atoms with Gasteiger partial charge in [-0.1, -0.05) is 24.3 Å². The van der Waals surface area contributed by atoms with E-state index in [0.29, 0.717) is 13.1 Å². The van der Waals surface area contributed by atoms with Gasteiger partial charge in [0.15, 0.2) is 5.11 Å². The molecule has 4 aromatic rings. The van der Waals surface area contributed by atoms with E-state index in [9.17, 15) is 0 Å². The number of benzene rings is 1. The van der Waals surface area contributed by atoms with Crippen LogP contribution in [0.1, 0.15) is 34.7 Å². The molecule has 1 aliphatic heterocycles. The molecule has 0 bridgehead atoms. The molecule has 7 heteroatoms. The lowest BCUT2D eigenvalue weighted by molar-refractivity contribution is 0.298. The molecule has 4 heterocycles. The zero-order valence-electron chi connectivity index (χ0n) is 18.3. The van der Waals surface area contributed by atoms with E-state index in [-0.39, 0.29) is 12.1 Å². The topological polar surface area (TPSA) is 55.2 Å². The molecule has 0 saturated carbocycles. The predicted octanol–water partition coefficient (Wildman–Crippen LogP) is 4.51. The molecule has 3 aromatic heterocycles. The van der Waals surface area contributed by atoms with E-state index in [1.807, 2.05) is 54.9 Å². The Morgan fingerprint density at radius 3 is 2.39 bits per heavy atom. The van der Waals surface area contributed by atoms with Crippen molar-refractivity contribution in [3.05, 3.63) is 114 Å². The predicted molar refractivity (Wildman–Crippen MR) is 132 cm³/mol. The fraction of sp³-hybridized carbons (Fsp3) is 0.192. The molecule has 0 aliphatic carbocycles. The highest BCUT2D eigenvalue weighted by Crippen LogP contribution is 2.39. The molecule has 0 amide bonds. The largest absolute Gasteiger partial charge is 0.497 e. The Bertz CT molecular complexity index is 1210. The van der Waals surface area contributed by atoms with Crippen LogP contribution in [0.2, 0.25) is 0 Å². The Kier molecular flexibility index (Phi) is 6.04. The quantitative estimate of drug-likeness (QED) is 0.414. The molecular weight excluding hydrogens is 430 g/mol. The zero-order chi connectivity index (χ0) is 22.6. The first-order valence-corrected chi connectivity index (χ1v) is 11.3. The fourth-order valence-corrected chi connectivity index (χ4v) is 4.64. The molecule has 6 nitrogen and oxygen atoms in total. The van der Waals surface area contributed by atoms with Crippen LogP contribution in [-0.2, 0) is 13.1 Å². The molecule has 1 aromatic carbocycles. The number of aromatic nitrogens is 3. The monoisotopic (exact) mass is 455 g/mol. The van der Waals surface area contributed by atoms with Gasteiger partial charge in [-0.3, -0.25) is 9.97 Å². The summed E-state index contributed by atoms with van der Waals surface area (Å²) in [6, 6.07) is 24.3. The van der Waals surface area contributed by atoms with E-state index in [2.05, 4.69) is 61.3 Å². The highest BCUT2D eigenvalue weighted by molar-refractivity contribution is 7.80. The second kappa shape index (κ2) is 9.42. The molecule has 0 radical (unpaired) electrons. The summed E-state index contributed by atoms with van der Waals surface area (Å²) in [7, 11) is 1.68. The van der Waals surface area contributed by atoms with Gasteiger partial charge in [0.05, 0.1) is 37.1 Å². The van der Waals surface area contributed by atoms with Crippen molar-refractivity contribution in [3.63, 3.8) is 0 Å². The Morgan fingerprint density at radius 2 is 1.70 bits per heavy atom. The maximum absolute atomic E-state index is 5.83. The van der Waals surface area contributed by atoms with Gasteiger partial charge < -0.3 is 19.5 Å². The number of nitrogens with zero attached hydrogens (tertiary/aromatic N) is 4. The molecule has 0 spiro atoms. The van der Waals surface area contributed by atoms with Crippen LogP contribution in [0.25, 0.3) is 0 Å².